The highest BCUT2D eigenvalue weighted by Gasteiger charge is 2.19. The summed E-state index contributed by atoms with van der Waals surface area (Å²) >= 11 is 0. The molecule has 0 N–H and O–H groups in total. The molecule has 1 atom stereocenters. The molecular formula is C71H124O6. The van der Waals surface area contributed by atoms with E-state index in [2.05, 4.69) is 106 Å². The summed E-state index contributed by atoms with van der Waals surface area (Å²) in [5.41, 5.74) is 0. The Morgan fingerprint density at radius 3 is 0.844 bits per heavy atom. The average Bonchev–Trinajstić information content (AvgIpc) is 3.43. The van der Waals surface area contributed by atoms with Gasteiger partial charge in [0, 0.05) is 19.3 Å². The van der Waals surface area contributed by atoms with Gasteiger partial charge in [0.25, 0.3) is 0 Å². The van der Waals surface area contributed by atoms with Gasteiger partial charge in [0.2, 0.25) is 0 Å². The van der Waals surface area contributed by atoms with E-state index >= 15 is 0 Å². The van der Waals surface area contributed by atoms with Crippen molar-refractivity contribution < 1.29 is 28.6 Å². The highest BCUT2D eigenvalue weighted by atomic mass is 16.6. The molecule has 0 amide bonds. The third-order valence-corrected chi connectivity index (χ3v) is 14.4. The molecule has 0 spiro atoms. The molecule has 0 aromatic carbocycles. The van der Waals surface area contributed by atoms with Crippen LogP contribution in [-0.2, 0) is 28.6 Å². The van der Waals surface area contributed by atoms with Gasteiger partial charge in [-0.3, -0.25) is 14.4 Å². The first-order valence-electron chi connectivity index (χ1n) is 33.1. The molecule has 0 aliphatic carbocycles. The van der Waals surface area contributed by atoms with Crippen molar-refractivity contribution in [2.24, 2.45) is 0 Å². The third-order valence-electron chi connectivity index (χ3n) is 14.4. The van der Waals surface area contributed by atoms with Gasteiger partial charge in [-0.2, -0.15) is 0 Å². The molecule has 0 aliphatic rings. The maximum Gasteiger partial charge on any atom is 0.306 e. The molecule has 0 saturated heterocycles. The van der Waals surface area contributed by atoms with Crippen molar-refractivity contribution >= 4 is 17.9 Å². The fraction of sp³-hybridized carbons (Fsp3) is 0.761. The van der Waals surface area contributed by atoms with E-state index in [9.17, 15) is 14.4 Å². The summed E-state index contributed by atoms with van der Waals surface area (Å²) in [4.78, 5) is 38.3. The van der Waals surface area contributed by atoms with Crippen molar-refractivity contribution in [3.63, 3.8) is 0 Å². The second-order valence-corrected chi connectivity index (χ2v) is 22.0. The predicted octanol–water partition coefficient (Wildman–Crippen LogP) is 22.7. The van der Waals surface area contributed by atoms with Crippen molar-refractivity contribution in [1.29, 1.82) is 0 Å². The molecule has 77 heavy (non-hydrogen) atoms. The normalized spacial score (nSPS) is 12.6. The largest absolute Gasteiger partial charge is 0.462 e. The Labute approximate surface area is 477 Å². The minimum atomic E-state index is -0.782. The molecule has 6 nitrogen and oxygen atoms in total. The van der Waals surface area contributed by atoms with Gasteiger partial charge in [-0.05, 0) is 109 Å². The molecule has 0 rings (SSSR count). The number of carbonyl (C=O) groups excluding carboxylic acids is 3. The van der Waals surface area contributed by atoms with E-state index < -0.39 is 6.10 Å². The van der Waals surface area contributed by atoms with Crippen molar-refractivity contribution in [2.75, 3.05) is 13.2 Å². The highest BCUT2D eigenvalue weighted by molar-refractivity contribution is 5.71. The van der Waals surface area contributed by atoms with Gasteiger partial charge in [0.1, 0.15) is 13.2 Å². The summed E-state index contributed by atoms with van der Waals surface area (Å²) in [5, 5.41) is 0. The van der Waals surface area contributed by atoms with Crippen LogP contribution in [0, 0.1) is 0 Å². The summed E-state index contributed by atoms with van der Waals surface area (Å²) in [5.74, 6) is -0.881. The lowest BCUT2D eigenvalue weighted by atomic mass is 10.0. The van der Waals surface area contributed by atoms with Crippen LogP contribution < -0.4 is 0 Å². The topological polar surface area (TPSA) is 78.9 Å². The number of carbonyl (C=O) groups is 3. The molecular weight excluding hydrogens is 949 g/mol. The zero-order valence-corrected chi connectivity index (χ0v) is 51.0. The van der Waals surface area contributed by atoms with Crippen molar-refractivity contribution in [3.05, 3.63) is 85.1 Å². The SMILES string of the molecule is CC/C=C\C/C=C\C/C=C\C/C=C\C/C=C\CCCCCCCCCCCCCC(=O)OCC(COC(=O)CCCCCCC/C=C\CCCC)OC(=O)CCCCCCCCCCC/C=C\CCCCCCCCCC. The van der Waals surface area contributed by atoms with Crippen LogP contribution in [0.15, 0.2) is 85.1 Å². The molecule has 0 aliphatic heterocycles. The lowest BCUT2D eigenvalue weighted by Crippen LogP contribution is -2.30. The summed E-state index contributed by atoms with van der Waals surface area (Å²) < 4.78 is 16.9. The van der Waals surface area contributed by atoms with Gasteiger partial charge in [0.05, 0.1) is 0 Å². The van der Waals surface area contributed by atoms with Crippen LogP contribution in [0.1, 0.15) is 329 Å². The van der Waals surface area contributed by atoms with Crippen molar-refractivity contribution in [2.45, 2.75) is 335 Å². The summed E-state index contributed by atoms with van der Waals surface area (Å²) in [6.07, 6.45) is 86.0. The van der Waals surface area contributed by atoms with E-state index in [0.29, 0.717) is 19.3 Å². The molecule has 0 heterocycles. The molecule has 0 fully saturated rings. The number of hydrogen-bond donors (Lipinski definition) is 0. The highest BCUT2D eigenvalue weighted by Crippen LogP contribution is 2.17. The molecule has 1 unspecified atom stereocenters. The summed E-state index contributed by atoms with van der Waals surface area (Å²) in [7, 11) is 0. The number of unbranched alkanes of at least 4 members (excludes halogenated alkanes) is 35. The predicted molar refractivity (Wildman–Crippen MR) is 334 cm³/mol. The minimum absolute atomic E-state index is 0.0796. The van der Waals surface area contributed by atoms with Gasteiger partial charge < -0.3 is 14.2 Å². The van der Waals surface area contributed by atoms with E-state index in [1.165, 1.54) is 193 Å². The molecule has 0 aromatic rings. The number of rotatable bonds is 60. The van der Waals surface area contributed by atoms with Crippen LogP contribution in [0.5, 0.6) is 0 Å². The van der Waals surface area contributed by atoms with Crippen molar-refractivity contribution in [3.8, 4) is 0 Å². The molecule has 444 valence electrons. The minimum Gasteiger partial charge on any atom is -0.462 e. The van der Waals surface area contributed by atoms with Gasteiger partial charge in [-0.15, -0.1) is 0 Å². The molecule has 0 bridgehead atoms. The fourth-order valence-electron chi connectivity index (χ4n) is 9.39. The standard InChI is InChI=1S/C71H124O6/c1-4-7-10-13-16-19-22-24-26-28-30-32-33-34-35-36-37-39-40-42-44-46-49-52-55-58-61-64-70(73)76-67-68(66-75-69(72)63-60-57-54-51-48-21-18-15-12-9-6-3)77-71(74)65-62-59-56-53-50-47-45-43-41-38-31-29-27-25-23-20-17-14-11-8-5-2/h7,10,15-16,18-19,24,26,29-32,34-35,68H,4-6,8-9,11-14,17,20-23,25,27-28,33,36-67H2,1-3H3/b10-7-,18-15-,19-16-,26-24-,31-29-,32-30-,35-34-. The first-order chi connectivity index (χ1) is 38.0. The number of allylic oxidation sites excluding steroid dienone is 14. The number of ether oxygens (including phenoxy) is 3. The van der Waals surface area contributed by atoms with Gasteiger partial charge in [-0.1, -0.05) is 286 Å². The summed E-state index contributed by atoms with van der Waals surface area (Å²) in [6, 6.07) is 0. The number of hydrogen-bond acceptors (Lipinski definition) is 6. The first kappa shape index (κ1) is 73.6. The maximum atomic E-state index is 12.9. The Morgan fingerprint density at radius 2 is 0.519 bits per heavy atom. The van der Waals surface area contributed by atoms with Crippen LogP contribution >= 0.6 is 0 Å². The molecule has 0 aromatic heterocycles. The second kappa shape index (κ2) is 65.1. The lowest BCUT2D eigenvalue weighted by Gasteiger charge is -2.18. The quantitative estimate of drug-likeness (QED) is 0.0261. The van der Waals surface area contributed by atoms with Gasteiger partial charge in [-0.25, -0.2) is 0 Å². The van der Waals surface area contributed by atoms with Crippen LogP contribution in [0.4, 0.5) is 0 Å². The van der Waals surface area contributed by atoms with E-state index in [1.807, 2.05) is 0 Å². The van der Waals surface area contributed by atoms with Crippen molar-refractivity contribution in [1.82, 2.24) is 0 Å². The molecule has 0 saturated carbocycles. The van der Waals surface area contributed by atoms with Crippen LogP contribution in [0.2, 0.25) is 0 Å². The van der Waals surface area contributed by atoms with Crippen LogP contribution in [0.25, 0.3) is 0 Å². The third kappa shape index (κ3) is 63.3. The second-order valence-electron chi connectivity index (χ2n) is 22.0. The molecule has 6 heteroatoms. The van der Waals surface area contributed by atoms with E-state index in [-0.39, 0.29) is 31.1 Å². The monoisotopic (exact) mass is 1070 g/mol. The van der Waals surface area contributed by atoms with E-state index in [0.717, 1.165) is 96.3 Å². The van der Waals surface area contributed by atoms with E-state index in [4.69, 9.17) is 14.2 Å². The van der Waals surface area contributed by atoms with Crippen LogP contribution in [0.3, 0.4) is 0 Å². The Morgan fingerprint density at radius 1 is 0.273 bits per heavy atom. The Hall–Kier alpha value is -3.41. The zero-order valence-electron chi connectivity index (χ0n) is 51.0. The van der Waals surface area contributed by atoms with Crippen LogP contribution in [-0.4, -0.2) is 37.2 Å². The average molecular weight is 1070 g/mol. The Kier molecular flexibility index (Phi) is 62.2. The van der Waals surface area contributed by atoms with Gasteiger partial charge in [0.15, 0.2) is 6.10 Å². The zero-order chi connectivity index (χ0) is 55.7. The Bertz CT molecular complexity index is 1470. The molecule has 0 radical (unpaired) electrons. The number of esters is 3. The smallest absolute Gasteiger partial charge is 0.306 e. The first-order valence-corrected chi connectivity index (χ1v) is 33.1. The fourth-order valence-corrected chi connectivity index (χ4v) is 9.39. The van der Waals surface area contributed by atoms with E-state index in [1.54, 1.807) is 0 Å². The lowest BCUT2D eigenvalue weighted by molar-refractivity contribution is -0.167. The summed E-state index contributed by atoms with van der Waals surface area (Å²) in [6.45, 7) is 6.51. The Balaban J connectivity index is 4.25. The van der Waals surface area contributed by atoms with Gasteiger partial charge >= 0.3 is 17.9 Å². The maximum absolute atomic E-state index is 12.9.